The van der Waals surface area contributed by atoms with E-state index in [1.807, 2.05) is 0 Å². The van der Waals surface area contributed by atoms with Crippen LogP contribution >= 0.6 is 0 Å². The van der Waals surface area contributed by atoms with E-state index in [0.717, 1.165) is 18.2 Å². The van der Waals surface area contributed by atoms with E-state index in [9.17, 15) is 31.1 Å². The van der Waals surface area contributed by atoms with Crippen molar-refractivity contribution in [2.24, 2.45) is 21.6 Å². The Hall–Kier alpha value is -3.69. The predicted octanol–water partition coefficient (Wildman–Crippen LogP) is 6.61. The number of amides is 1. The maximum atomic E-state index is 13.4. The minimum atomic E-state index is -4.59. The molecule has 1 unspecified atom stereocenters. The molecule has 10 heteroatoms. The molecule has 1 aliphatic carbocycles. The first-order valence-electron chi connectivity index (χ1n) is 10.8. The third-order valence-electron chi connectivity index (χ3n) is 5.11. The first-order chi connectivity index (χ1) is 16.8. The molecule has 0 saturated heterocycles. The van der Waals surface area contributed by atoms with Crippen molar-refractivity contribution in [1.29, 1.82) is 0 Å². The van der Waals surface area contributed by atoms with Crippen molar-refractivity contribution >= 4 is 24.0 Å². The largest absolute Gasteiger partial charge is 0.416 e. The smallest absolute Gasteiger partial charge is 0.366 e. The summed E-state index contributed by atoms with van der Waals surface area (Å²) in [6.45, 7) is 5.09. The molecule has 0 aliphatic heterocycles. The van der Waals surface area contributed by atoms with Crippen molar-refractivity contribution in [2.45, 2.75) is 32.1 Å². The zero-order chi connectivity index (χ0) is 27.1. The average molecular weight is 509 g/mol. The maximum Gasteiger partial charge on any atom is 0.416 e. The number of primary amides is 1. The third-order valence-corrected chi connectivity index (χ3v) is 5.11. The van der Waals surface area contributed by atoms with E-state index >= 15 is 0 Å². The van der Waals surface area contributed by atoms with Gasteiger partial charge in [0.15, 0.2) is 5.84 Å². The van der Waals surface area contributed by atoms with Crippen molar-refractivity contribution in [3.63, 3.8) is 0 Å². The first kappa shape index (κ1) is 28.5. The minimum absolute atomic E-state index is 0.0103. The molecule has 0 spiro atoms. The number of carbonyl (C=O) groups is 1. The predicted molar refractivity (Wildman–Crippen MR) is 130 cm³/mol. The lowest BCUT2D eigenvalue weighted by atomic mass is 9.95. The number of allylic oxidation sites excluding steroid dienone is 6. The molecule has 0 bridgehead atoms. The zero-order valence-corrected chi connectivity index (χ0v) is 19.6. The quantitative estimate of drug-likeness (QED) is 0.199. The second-order valence-corrected chi connectivity index (χ2v) is 7.93. The van der Waals surface area contributed by atoms with Gasteiger partial charge in [0.25, 0.3) is 0 Å². The van der Waals surface area contributed by atoms with E-state index < -0.39 is 35.3 Å². The van der Waals surface area contributed by atoms with Crippen molar-refractivity contribution in [3.05, 3.63) is 88.6 Å². The van der Waals surface area contributed by atoms with Crippen molar-refractivity contribution in [3.8, 4) is 0 Å². The highest BCUT2D eigenvalue weighted by Gasteiger charge is 2.33. The third kappa shape index (κ3) is 7.93. The summed E-state index contributed by atoms with van der Waals surface area (Å²) >= 11 is 0. The molecule has 0 aromatic heterocycles. The molecule has 0 radical (unpaired) electrons. The molecule has 0 heterocycles. The molecular formula is C26H25F6N3O. The Morgan fingerprint density at radius 3 is 2.39 bits per heavy atom. The molecule has 192 valence electrons. The Bertz CT molecular complexity index is 1180. The van der Waals surface area contributed by atoms with Crippen molar-refractivity contribution in [2.75, 3.05) is 7.05 Å². The molecule has 1 aliphatic rings. The van der Waals surface area contributed by atoms with Crippen molar-refractivity contribution in [1.82, 2.24) is 0 Å². The summed E-state index contributed by atoms with van der Waals surface area (Å²) in [4.78, 5) is 20.2. The molecule has 0 saturated carbocycles. The highest BCUT2D eigenvalue weighted by Crippen LogP contribution is 2.33. The lowest BCUT2D eigenvalue weighted by molar-refractivity contribution is -0.137. The Morgan fingerprint density at radius 1 is 1.14 bits per heavy atom. The monoisotopic (exact) mass is 509 g/mol. The fourth-order valence-corrected chi connectivity index (χ4v) is 3.34. The number of nitrogens with zero attached hydrogens (tertiary/aromatic N) is 2. The second kappa shape index (κ2) is 11.8. The van der Waals surface area contributed by atoms with E-state index in [1.54, 1.807) is 19.1 Å². The van der Waals surface area contributed by atoms with Gasteiger partial charge in [0.05, 0.1) is 5.56 Å². The standard InChI is InChI=1S/C26H25F6N3O/c1-4-17-11-19(14-21(12-17)26(30,31)32)24(34-3)35-15-16(2)10-22(23(33)36)18-8-6-5-7-9-20(13-18)25(27,28)29/h4-6,8,10-16H,1,7,9H2,2-3H3,(H2,33,36)/b6-5-,18-8+,20-13+,22-10+,34-24-,35-15-. The van der Waals surface area contributed by atoms with Crippen LogP contribution < -0.4 is 5.73 Å². The number of hydrogen-bond donors (Lipinski definition) is 1. The zero-order valence-electron chi connectivity index (χ0n) is 19.6. The number of halogens is 6. The molecule has 0 fully saturated rings. The molecule has 4 nitrogen and oxygen atoms in total. The van der Waals surface area contributed by atoms with Crippen LogP contribution in [0.25, 0.3) is 6.08 Å². The average Bonchev–Trinajstić information content (AvgIpc) is 2.76. The molecule has 1 aromatic rings. The van der Waals surface area contributed by atoms with Crippen LogP contribution in [0.1, 0.15) is 36.5 Å². The lowest BCUT2D eigenvalue weighted by Crippen LogP contribution is -2.18. The molecule has 2 N–H and O–H groups in total. The summed E-state index contributed by atoms with van der Waals surface area (Å²) in [6, 6.07) is 3.28. The number of carbonyl (C=O) groups excluding carboxylic acids is 1. The summed E-state index contributed by atoms with van der Waals surface area (Å²) in [6.07, 6.45) is 0.0504. The van der Waals surface area contributed by atoms with E-state index in [4.69, 9.17) is 5.73 Å². The molecule has 1 amide bonds. The van der Waals surface area contributed by atoms with Crippen LogP contribution in [0.15, 0.2) is 81.9 Å². The van der Waals surface area contributed by atoms with Gasteiger partial charge in [-0.1, -0.05) is 43.9 Å². The topological polar surface area (TPSA) is 67.8 Å². The summed E-state index contributed by atoms with van der Waals surface area (Å²) in [5.41, 5.74) is 3.92. The van der Waals surface area contributed by atoms with Crippen LogP contribution in [0.2, 0.25) is 0 Å². The normalized spacial score (nSPS) is 20.6. The number of hydrogen-bond acceptors (Lipinski definition) is 2. The number of rotatable bonds is 6. The molecule has 2 rings (SSSR count). The Labute approximate surface area is 205 Å². The van der Waals surface area contributed by atoms with E-state index in [-0.39, 0.29) is 41.0 Å². The lowest BCUT2D eigenvalue weighted by Gasteiger charge is -2.15. The fourth-order valence-electron chi connectivity index (χ4n) is 3.34. The van der Waals surface area contributed by atoms with Crippen LogP contribution in [-0.2, 0) is 11.0 Å². The van der Waals surface area contributed by atoms with E-state index in [2.05, 4.69) is 16.6 Å². The van der Waals surface area contributed by atoms with Gasteiger partial charge in [0.1, 0.15) is 0 Å². The van der Waals surface area contributed by atoms with Gasteiger partial charge in [-0.25, -0.2) is 4.99 Å². The maximum absolute atomic E-state index is 13.4. The van der Waals surface area contributed by atoms with Gasteiger partial charge in [-0.2, -0.15) is 26.3 Å². The van der Waals surface area contributed by atoms with Gasteiger partial charge >= 0.3 is 12.4 Å². The first-order valence-corrected chi connectivity index (χ1v) is 10.8. The fraction of sp³-hybridized carbons (Fsp3) is 0.269. The van der Waals surface area contributed by atoms with Crippen molar-refractivity contribution < 1.29 is 31.1 Å². The van der Waals surface area contributed by atoms with Gasteiger partial charge in [0.2, 0.25) is 5.91 Å². The summed E-state index contributed by atoms with van der Waals surface area (Å²) in [5, 5.41) is 0. The molecule has 1 aromatic carbocycles. The highest BCUT2D eigenvalue weighted by molar-refractivity contribution is 6.04. The van der Waals surface area contributed by atoms with Crippen LogP contribution in [0.5, 0.6) is 0 Å². The molecular weight excluding hydrogens is 484 g/mol. The Balaban J connectivity index is 2.44. The second-order valence-electron chi connectivity index (χ2n) is 7.93. The van der Waals surface area contributed by atoms with E-state index in [1.165, 1.54) is 37.6 Å². The number of benzene rings is 1. The number of amidine groups is 1. The minimum Gasteiger partial charge on any atom is -0.366 e. The van der Waals surface area contributed by atoms with Gasteiger partial charge in [-0.15, -0.1) is 0 Å². The summed E-state index contributed by atoms with van der Waals surface area (Å²) in [5.74, 6) is -1.59. The van der Waals surface area contributed by atoms with Crippen LogP contribution in [-0.4, -0.2) is 31.2 Å². The van der Waals surface area contributed by atoms with Gasteiger partial charge in [-0.05, 0) is 48.3 Å². The van der Waals surface area contributed by atoms with Crippen LogP contribution in [0.3, 0.4) is 0 Å². The number of nitrogens with two attached hydrogens (primary N) is 1. The van der Waals surface area contributed by atoms with Gasteiger partial charge in [0, 0.05) is 35.9 Å². The number of aliphatic imine (C=N–C) groups is 2. The highest BCUT2D eigenvalue weighted by atomic mass is 19.4. The Morgan fingerprint density at radius 2 is 1.83 bits per heavy atom. The van der Waals surface area contributed by atoms with Gasteiger partial charge in [-0.3, -0.25) is 9.79 Å². The molecule has 1 atom stereocenters. The summed E-state index contributed by atoms with van der Waals surface area (Å²) < 4.78 is 79.9. The van der Waals surface area contributed by atoms with E-state index in [0.29, 0.717) is 0 Å². The van der Waals surface area contributed by atoms with Crippen LogP contribution in [0, 0.1) is 5.92 Å². The number of alkyl halides is 6. The Kier molecular flexibility index (Phi) is 9.38. The van der Waals surface area contributed by atoms with Gasteiger partial charge < -0.3 is 5.73 Å². The SMILES string of the molecule is C=Cc1cc(C(/N=C\C(C)\C=C(C(N)=O)/C2=C/C=C\CC/C(C(F)(F)F)=C\2)=N/C)cc(C(F)(F)F)c1. The van der Waals surface area contributed by atoms with Crippen LogP contribution in [0.4, 0.5) is 26.3 Å². The summed E-state index contributed by atoms with van der Waals surface area (Å²) in [7, 11) is 1.35. The molecule has 36 heavy (non-hydrogen) atoms.